The van der Waals surface area contributed by atoms with E-state index in [2.05, 4.69) is 16.7 Å². The van der Waals surface area contributed by atoms with Gasteiger partial charge in [0.15, 0.2) is 0 Å². The van der Waals surface area contributed by atoms with Crippen LogP contribution in [0, 0.1) is 0 Å². The third kappa shape index (κ3) is 4.97. The van der Waals surface area contributed by atoms with Crippen molar-refractivity contribution in [3.05, 3.63) is 24.4 Å². The molecule has 0 bridgehead atoms. The SMILES string of the molecule is C1=CCNC=C1.C1CCNCC1. The Morgan fingerprint density at radius 3 is 1.92 bits per heavy atom. The second-order valence-corrected chi connectivity index (χ2v) is 3.01. The van der Waals surface area contributed by atoms with Gasteiger partial charge in [-0.1, -0.05) is 18.6 Å². The van der Waals surface area contributed by atoms with Crippen molar-refractivity contribution in [1.82, 2.24) is 10.6 Å². The Labute approximate surface area is 74.7 Å². The van der Waals surface area contributed by atoms with Crippen LogP contribution >= 0.6 is 0 Å². The van der Waals surface area contributed by atoms with Crippen molar-refractivity contribution in [2.45, 2.75) is 19.3 Å². The molecule has 0 atom stereocenters. The van der Waals surface area contributed by atoms with E-state index in [0.29, 0.717) is 0 Å². The van der Waals surface area contributed by atoms with Crippen LogP contribution in [-0.4, -0.2) is 19.6 Å². The topological polar surface area (TPSA) is 24.1 Å². The molecule has 0 saturated carbocycles. The molecule has 0 aromatic rings. The van der Waals surface area contributed by atoms with Crippen LogP contribution in [0.1, 0.15) is 19.3 Å². The molecule has 2 heteroatoms. The van der Waals surface area contributed by atoms with E-state index in [1.54, 1.807) is 0 Å². The lowest BCUT2D eigenvalue weighted by atomic mass is 10.2. The summed E-state index contributed by atoms with van der Waals surface area (Å²) in [6.45, 7) is 3.48. The molecule has 0 amide bonds. The zero-order valence-electron chi connectivity index (χ0n) is 7.55. The Kier molecular flexibility index (Phi) is 5.38. The van der Waals surface area contributed by atoms with Gasteiger partial charge in [-0.25, -0.2) is 0 Å². The maximum Gasteiger partial charge on any atom is 0.0328 e. The normalized spacial score (nSPS) is 20.7. The zero-order valence-corrected chi connectivity index (χ0v) is 7.55. The van der Waals surface area contributed by atoms with Gasteiger partial charge in [-0.3, -0.25) is 0 Å². The first kappa shape index (κ1) is 9.33. The molecule has 2 nitrogen and oxygen atoms in total. The smallest absolute Gasteiger partial charge is 0.0328 e. The van der Waals surface area contributed by atoms with Crippen molar-refractivity contribution in [3.8, 4) is 0 Å². The first-order chi connectivity index (χ1) is 6.00. The Balaban J connectivity index is 0.000000120. The summed E-state index contributed by atoms with van der Waals surface area (Å²) >= 11 is 0. The molecule has 2 aliphatic heterocycles. The summed E-state index contributed by atoms with van der Waals surface area (Å²) in [5, 5.41) is 6.30. The molecule has 2 heterocycles. The average Bonchev–Trinajstić information content (AvgIpc) is 2.24. The highest BCUT2D eigenvalue weighted by atomic mass is 14.9. The van der Waals surface area contributed by atoms with E-state index in [-0.39, 0.29) is 0 Å². The molecule has 1 saturated heterocycles. The summed E-state index contributed by atoms with van der Waals surface area (Å²) in [5.41, 5.74) is 0. The number of nitrogens with one attached hydrogen (secondary N) is 2. The average molecular weight is 166 g/mol. The maximum absolute atomic E-state index is 3.28. The molecule has 0 unspecified atom stereocenters. The van der Waals surface area contributed by atoms with Gasteiger partial charge in [-0.05, 0) is 38.2 Å². The predicted octanol–water partition coefficient (Wildman–Crippen LogP) is 1.42. The molecule has 0 aromatic carbocycles. The van der Waals surface area contributed by atoms with Gasteiger partial charge in [-0.15, -0.1) is 0 Å². The maximum atomic E-state index is 3.28. The fourth-order valence-electron chi connectivity index (χ4n) is 1.21. The molecule has 0 radical (unpaired) electrons. The molecule has 2 N–H and O–H groups in total. The van der Waals surface area contributed by atoms with Gasteiger partial charge in [0.05, 0.1) is 0 Å². The van der Waals surface area contributed by atoms with Crippen molar-refractivity contribution in [3.63, 3.8) is 0 Å². The monoisotopic (exact) mass is 166 g/mol. The van der Waals surface area contributed by atoms with E-state index in [1.165, 1.54) is 32.4 Å². The Morgan fingerprint density at radius 1 is 0.917 bits per heavy atom. The fourth-order valence-corrected chi connectivity index (χ4v) is 1.21. The molecule has 0 spiro atoms. The lowest BCUT2D eigenvalue weighted by molar-refractivity contribution is 0.520. The van der Waals surface area contributed by atoms with Crippen molar-refractivity contribution >= 4 is 0 Å². The van der Waals surface area contributed by atoms with Gasteiger partial charge in [-0.2, -0.15) is 0 Å². The van der Waals surface area contributed by atoms with E-state index in [9.17, 15) is 0 Å². The van der Waals surface area contributed by atoms with Gasteiger partial charge >= 0.3 is 0 Å². The number of hydrogen-bond acceptors (Lipinski definition) is 2. The predicted molar refractivity (Wildman–Crippen MR) is 53.0 cm³/mol. The highest BCUT2D eigenvalue weighted by Gasteiger charge is 1.93. The lowest BCUT2D eigenvalue weighted by Crippen LogP contribution is -2.21. The van der Waals surface area contributed by atoms with E-state index < -0.39 is 0 Å². The summed E-state index contributed by atoms with van der Waals surface area (Å²) in [7, 11) is 0. The molecule has 2 aliphatic rings. The van der Waals surface area contributed by atoms with Crippen molar-refractivity contribution < 1.29 is 0 Å². The lowest BCUT2D eigenvalue weighted by Gasteiger charge is -2.08. The molecule has 0 aliphatic carbocycles. The number of dihydropyridines is 1. The third-order valence-corrected chi connectivity index (χ3v) is 1.90. The van der Waals surface area contributed by atoms with E-state index in [1.807, 2.05) is 18.4 Å². The van der Waals surface area contributed by atoms with Crippen molar-refractivity contribution in [2.75, 3.05) is 19.6 Å². The van der Waals surface area contributed by atoms with E-state index >= 15 is 0 Å². The molecular weight excluding hydrogens is 148 g/mol. The largest absolute Gasteiger partial charge is 0.387 e. The van der Waals surface area contributed by atoms with Crippen LogP contribution in [0.2, 0.25) is 0 Å². The van der Waals surface area contributed by atoms with Crippen LogP contribution in [0.4, 0.5) is 0 Å². The molecule has 0 aromatic heterocycles. The number of piperidine rings is 1. The number of rotatable bonds is 0. The van der Waals surface area contributed by atoms with Gasteiger partial charge in [0.25, 0.3) is 0 Å². The summed E-state index contributed by atoms with van der Waals surface area (Å²) in [6, 6.07) is 0. The van der Waals surface area contributed by atoms with Gasteiger partial charge in [0.1, 0.15) is 0 Å². The zero-order chi connectivity index (χ0) is 8.49. The third-order valence-electron chi connectivity index (χ3n) is 1.90. The summed E-state index contributed by atoms with van der Waals surface area (Å²) < 4.78 is 0. The van der Waals surface area contributed by atoms with Gasteiger partial charge < -0.3 is 10.6 Å². The number of allylic oxidation sites excluding steroid dienone is 2. The van der Waals surface area contributed by atoms with E-state index in [4.69, 9.17) is 0 Å². The summed E-state index contributed by atoms with van der Waals surface area (Å²) in [6.07, 6.45) is 12.2. The standard InChI is InChI=1S/C5H11N.C5H7N/c2*1-2-4-6-5-3-1/h6H,1-5H2;1-4,6H,5H2. The molecule has 1 fully saturated rings. The highest BCUT2D eigenvalue weighted by molar-refractivity contribution is 5.06. The van der Waals surface area contributed by atoms with Crippen LogP contribution in [-0.2, 0) is 0 Å². The Hall–Kier alpha value is -0.760. The minimum Gasteiger partial charge on any atom is -0.387 e. The second-order valence-electron chi connectivity index (χ2n) is 3.01. The van der Waals surface area contributed by atoms with Crippen LogP contribution in [0.3, 0.4) is 0 Å². The first-order valence-corrected chi connectivity index (χ1v) is 4.76. The molecular formula is C10H18N2. The van der Waals surface area contributed by atoms with E-state index in [0.717, 1.165) is 6.54 Å². The summed E-state index contributed by atoms with van der Waals surface area (Å²) in [5.74, 6) is 0. The quantitative estimate of drug-likeness (QED) is 0.568. The molecule has 12 heavy (non-hydrogen) atoms. The summed E-state index contributed by atoms with van der Waals surface area (Å²) in [4.78, 5) is 0. The van der Waals surface area contributed by atoms with Gasteiger partial charge in [0.2, 0.25) is 0 Å². The van der Waals surface area contributed by atoms with Crippen LogP contribution in [0.5, 0.6) is 0 Å². The van der Waals surface area contributed by atoms with Gasteiger partial charge in [0, 0.05) is 6.54 Å². The van der Waals surface area contributed by atoms with Crippen molar-refractivity contribution in [2.24, 2.45) is 0 Å². The number of hydrogen-bond donors (Lipinski definition) is 2. The Bertz CT molecular complexity index is 122. The molecule has 68 valence electrons. The minimum absolute atomic E-state index is 0.983. The Morgan fingerprint density at radius 2 is 1.75 bits per heavy atom. The van der Waals surface area contributed by atoms with Crippen LogP contribution in [0.25, 0.3) is 0 Å². The molecule has 2 rings (SSSR count). The fraction of sp³-hybridized carbons (Fsp3) is 0.600. The minimum atomic E-state index is 0.983. The van der Waals surface area contributed by atoms with Crippen molar-refractivity contribution in [1.29, 1.82) is 0 Å². The second kappa shape index (κ2) is 6.92. The van der Waals surface area contributed by atoms with Crippen LogP contribution < -0.4 is 10.6 Å². The first-order valence-electron chi connectivity index (χ1n) is 4.76. The van der Waals surface area contributed by atoms with Crippen LogP contribution in [0.15, 0.2) is 24.4 Å². The highest BCUT2D eigenvalue weighted by Crippen LogP contribution is 1.96.